The van der Waals surface area contributed by atoms with Crippen LogP contribution >= 0.6 is 23.1 Å². The molecule has 3 rings (SSSR count). The molecule has 0 unspecified atom stereocenters. The highest BCUT2D eigenvalue weighted by atomic mass is 32.2. The van der Waals surface area contributed by atoms with Gasteiger partial charge >= 0.3 is 0 Å². The Hall–Kier alpha value is -2.11. The van der Waals surface area contributed by atoms with E-state index in [-0.39, 0.29) is 5.91 Å². The highest BCUT2D eigenvalue weighted by Gasteiger charge is 2.11. The van der Waals surface area contributed by atoms with Crippen LogP contribution in [0.3, 0.4) is 0 Å². The van der Waals surface area contributed by atoms with Gasteiger partial charge in [0.15, 0.2) is 4.80 Å². The molecule has 0 N–H and O–H groups in total. The minimum absolute atomic E-state index is 0.216. The number of amides is 1. The van der Waals surface area contributed by atoms with E-state index in [1.165, 1.54) is 11.1 Å². The summed E-state index contributed by atoms with van der Waals surface area (Å²) in [5.41, 5.74) is 4.11. The normalized spacial score (nSPS) is 11.9. The molecule has 0 saturated heterocycles. The van der Waals surface area contributed by atoms with Crippen molar-refractivity contribution in [3.8, 4) is 0 Å². The maximum Gasteiger partial charge on any atom is 0.279 e. The SMILES string of the molecule is C=CCn1c(=NC(=O)c2ccc(SC)cc2)sc2c(C)cc(C)cc21. The van der Waals surface area contributed by atoms with Crippen LogP contribution in [0.25, 0.3) is 10.2 Å². The molecule has 0 saturated carbocycles. The van der Waals surface area contributed by atoms with Gasteiger partial charge in [-0.1, -0.05) is 23.5 Å². The zero-order valence-corrected chi connectivity index (χ0v) is 16.2. The minimum atomic E-state index is -0.216. The van der Waals surface area contributed by atoms with E-state index in [9.17, 15) is 4.79 Å². The number of fused-ring (bicyclic) bond motifs is 1. The Morgan fingerprint density at radius 1 is 1.28 bits per heavy atom. The molecular formula is C20H20N2OS2. The van der Waals surface area contributed by atoms with Crippen LogP contribution in [0.2, 0.25) is 0 Å². The fourth-order valence-electron chi connectivity index (χ4n) is 2.79. The van der Waals surface area contributed by atoms with Crippen molar-refractivity contribution in [2.75, 3.05) is 6.26 Å². The lowest BCUT2D eigenvalue weighted by Crippen LogP contribution is -2.16. The Bertz CT molecular complexity index is 1010. The quantitative estimate of drug-likeness (QED) is 0.481. The average molecular weight is 369 g/mol. The monoisotopic (exact) mass is 368 g/mol. The zero-order chi connectivity index (χ0) is 18.0. The summed E-state index contributed by atoms with van der Waals surface area (Å²) in [6, 6.07) is 11.9. The van der Waals surface area contributed by atoms with Crippen LogP contribution in [0.5, 0.6) is 0 Å². The molecule has 128 valence electrons. The van der Waals surface area contributed by atoms with E-state index < -0.39 is 0 Å². The second kappa shape index (κ2) is 7.42. The van der Waals surface area contributed by atoms with Crippen molar-refractivity contribution < 1.29 is 4.79 Å². The Morgan fingerprint density at radius 3 is 2.64 bits per heavy atom. The molecule has 0 bridgehead atoms. The number of hydrogen-bond donors (Lipinski definition) is 0. The van der Waals surface area contributed by atoms with Crippen LogP contribution in [0.15, 0.2) is 58.9 Å². The Morgan fingerprint density at radius 2 is 2.00 bits per heavy atom. The van der Waals surface area contributed by atoms with E-state index in [0.29, 0.717) is 16.9 Å². The van der Waals surface area contributed by atoms with E-state index in [1.54, 1.807) is 23.1 Å². The highest BCUT2D eigenvalue weighted by Crippen LogP contribution is 2.23. The molecule has 25 heavy (non-hydrogen) atoms. The third-order valence-electron chi connectivity index (χ3n) is 3.96. The Balaban J connectivity index is 2.14. The number of benzene rings is 2. The number of carbonyl (C=O) groups is 1. The summed E-state index contributed by atoms with van der Waals surface area (Å²) in [5, 5.41) is 0. The van der Waals surface area contributed by atoms with Gasteiger partial charge in [0.05, 0.1) is 10.2 Å². The number of thioether (sulfide) groups is 1. The predicted molar refractivity (Wildman–Crippen MR) is 108 cm³/mol. The van der Waals surface area contributed by atoms with Gasteiger partial charge in [0, 0.05) is 17.0 Å². The number of aryl methyl sites for hydroxylation is 2. The number of carbonyl (C=O) groups excluding carboxylic acids is 1. The first-order valence-electron chi connectivity index (χ1n) is 7.98. The standard InChI is InChI=1S/C20H20N2OS2/c1-5-10-22-17-12-13(2)11-14(3)18(17)25-20(22)21-19(23)15-6-8-16(24-4)9-7-15/h5-9,11-12H,1,10H2,2-4H3. The zero-order valence-electron chi connectivity index (χ0n) is 14.6. The minimum Gasteiger partial charge on any atom is -0.312 e. The van der Waals surface area contributed by atoms with Gasteiger partial charge in [0.25, 0.3) is 5.91 Å². The summed E-state index contributed by atoms with van der Waals surface area (Å²) in [6.45, 7) is 8.64. The van der Waals surface area contributed by atoms with Crippen LogP contribution in [0.4, 0.5) is 0 Å². The molecule has 3 nitrogen and oxygen atoms in total. The van der Waals surface area contributed by atoms with Gasteiger partial charge in [0.2, 0.25) is 0 Å². The van der Waals surface area contributed by atoms with Crippen molar-refractivity contribution in [1.82, 2.24) is 4.57 Å². The van der Waals surface area contributed by atoms with Crippen molar-refractivity contribution >= 4 is 39.2 Å². The lowest BCUT2D eigenvalue weighted by molar-refractivity contribution is 0.0998. The molecule has 5 heteroatoms. The molecule has 0 aliphatic heterocycles. The lowest BCUT2D eigenvalue weighted by Gasteiger charge is -2.03. The molecule has 2 aromatic carbocycles. The van der Waals surface area contributed by atoms with Crippen molar-refractivity contribution in [1.29, 1.82) is 0 Å². The van der Waals surface area contributed by atoms with Crippen LogP contribution in [0, 0.1) is 13.8 Å². The summed E-state index contributed by atoms with van der Waals surface area (Å²) < 4.78 is 3.22. The largest absolute Gasteiger partial charge is 0.312 e. The number of hydrogen-bond acceptors (Lipinski definition) is 3. The van der Waals surface area contributed by atoms with Crippen LogP contribution in [-0.2, 0) is 6.54 Å². The number of thiazole rings is 1. The number of nitrogens with zero attached hydrogens (tertiary/aromatic N) is 2. The molecule has 0 spiro atoms. The molecule has 1 heterocycles. The maximum absolute atomic E-state index is 12.6. The van der Waals surface area contributed by atoms with Crippen molar-refractivity contribution in [3.63, 3.8) is 0 Å². The Labute approximate surface area is 155 Å². The fourth-order valence-corrected chi connectivity index (χ4v) is 4.28. The maximum atomic E-state index is 12.6. The van der Waals surface area contributed by atoms with Crippen LogP contribution in [0.1, 0.15) is 21.5 Å². The van der Waals surface area contributed by atoms with E-state index in [1.807, 2.05) is 36.6 Å². The summed E-state index contributed by atoms with van der Waals surface area (Å²) in [6.07, 6.45) is 3.85. The van der Waals surface area contributed by atoms with Crippen LogP contribution < -0.4 is 4.80 Å². The Kier molecular flexibility index (Phi) is 5.25. The highest BCUT2D eigenvalue weighted by molar-refractivity contribution is 7.98. The van der Waals surface area contributed by atoms with Crippen molar-refractivity contribution in [2.45, 2.75) is 25.3 Å². The average Bonchev–Trinajstić information content (AvgIpc) is 2.93. The second-order valence-corrected chi connectivity index (χ2v) is 7.72. The number of aromatic nitrogens is 1. The summed E-state index contributed by atoms with van der Waals surface area (Å²) in [4.78, 5) is 18.8. The van der Waals surface area contributed by atoms with Gasteiger partial charge < -0.3 is 4.57 Å². The first-order chi connectivity index (χ1) is 12.0. The smallest absolute Gasteiger partial charge is 0.279 e. The van der Waals surface area contributed by atoms with E-state index in [2.05, 4.69) is 42.1 Å². The third-order valence-corrected chi connectivity index (χ3v) is 5.93. The summed E-state index contributed by atoms with van der Waals surface area (Å²) in [7, 11) is 0. The van der Waals surface area contributed by atoms with Gasteiger partial charge in [-0.05, 0) is 61.6 Å². The molecule has 0 fully saturated rings. The molecule has 3 aromatic rings. The summed E-state index contributed by atoms with van der Waals surface area (Å²) >= 11 is 3.21. The van der Waals surface area contributed by atoms with Crippen molar-refractivity contribution in [3.05, 3.63) is 70.5 Å². The molecule has 0 atom stereocenters. The first-order valence-corrected chi connectivity index (χ1v) is 10.0. The molecule has 0 aliphatic rings. The molecule has 0 aliphatic carbocycles. The predicted octanol–water partition coefficient (Wildman–Crippen LogP) is 4.97. The first kappa shape index (κ1) is 17.7. The molecule has 0 radical (unpaired) electrons. The molecular weight excluding hydrogens is 348 g/mol. The number of rotatable bonds is 4. The van der Waals surface area contributed by atoms with Gasteiger partial charge in [0.1, 0.15) is 0 Å². The lowest BCUT2D eigenvalue weighted by atomic mass is 10.1. The van der Waals surface area contributed by atoms with Gasteiger partial charge in [-0.3, -0.25) is 4.79 Å². The van der Waals surface area contributed by atoms with Crippen molar-refractivity contribution in [2.24, 2.45) is 4.99 Å². The van der Waals surface area contributed by atoms with Gasteiger partial charge in [-0.15, -0.1) is 18.3 Å². The third kappa shape index (κ3) is 3.62. The molecule has 1 amide bonds. The van der Waals surface area contributed by atoms with Gasteiger partial charge in [-0.2, -0.15) is 4.99 Å². The fraction of sp³-hybridized carbons (Fsp3) is 0.200. The number of allylic oxidation sites excluding steroid dienone is 1. The van der Waals surface area contributed by atoms with Crippen LogP contribution in [-0.4, -0.2) is 16.7 Å². The summed E-state index contributed by atoms with van der Waals surface area (Å²) in [5.74, 6) is -0.216. The van der Waals surface area contributed by atoms with E-state index >= 15 is 0 Å². The van der Waals surface area contributed by atoms with Gasteiger partial charge in [-0.25, -0.2) is 0 Å². The topological polar surface area (TPSA) is 34.4 Å². The van der Waals surface area contributed by atoms with E-state index in [0.717, 1.165) is 15.1 Å². The second-order valence-electron chi connectivity index (χ2n) is 5.86. The molecule has 1 aromatic heterocycles. The van der Waals surface area contributed by atoms with E-state index in [4.69, 9.17) is 0 Å².